The Kier molecular flexibility index (Phi) is 10.3. The molecule has 0 fully saturated rings. The molecule has 0 heterocycles. The quantitative estimate of drug-likeness (QED) is 0.531. The van der Waals surface area contributed by atoms with Crippen LogP contribution in [0, 0.1) is 5.92 Å². The van der Waals surface area contributed by atoms with Crippen molar-refractivity contribution in [1.82, 2.24) is 10.6 Å². The van der Waals surface area contributed by atoms with Crippen molar-refractivity contribution < 1.29 is 24.2 Å². The fraction of sp³-hybridized carbons (Fsp3) is 0.526. The van der Waals surface area contributed by atoms with Crippen LogP contribution in [0.25, 0.3) is 0 Å². The molecule has 3 N–H and O–H groups in total. The Balaban J connectivity index is 2.65. The van der Waals surface area contributed by atoms with Crippen LogP contribution in [0.1, 0.15) is 32.3 Å². The van der Waals surface area contributed by atoms with E-state index in [-0.39, 0.29) is 12.5 Å². The fourth-order valence-corrected chi connectivity index (χ4v) is 2.85. The van der Waals surface area contributed by atoms with E-state index in [2.05, 4.69) is 10.6 Å². The molecule has 2 atom stereocenters. The second kappa shape index (κ2) is 12.2. The van der Waals surface area contributed by atoms with Crippen molar-refractivity contribution in [2.45, 2.75) is 45.4 Å². The first kappa shape index (κ1) is 22.8. The normalized spacial score (nSPS) is 12.9. The molecule has 0 bridgehead atoms. The van der Waals surface area contributed by atoms with E-state index in [1.165, 1.54) is 11.8 Å². The molecule has 150 valence electrons. The summed E-state index contributed by atoms with van der Waals surface area (Å²) >= 11 is 1.50. The van der Waals surface area contributed by atoms with E-state index in [1.807, 2.05) is 50.4 Å². The molecule has 27 heavy (non-hydrogen) atoms. The molecule has 2 amide bonds. The van der Waals surface area contributed by atoms with Crippen molar-refractivity contribution in [3.63, 3.8) is 0 Å². The summed E-state index contributed by atoms with van der Waals surface area (Å²) in [5, 5.41) is 14.3. The number of aliphatic carboxylic acids is 1. The van der Waals surface area contributed by atoms with Crippen LogP contribution in [0.4, 0.5) is 4.79 Å². The van der Waals surface area contributed by atoms with Gasteiger partial charge >= 0.3 is 12.1 Å². The highest BCUT2D eigenvalue weighted by Crippen LogP contribution is 2.08. The summed E-state index contributed by atoms with van der Waals surface area (Å²) in [7, 11) is 0. The molecule has 8 heteroatoms. The summed E-state index contributed by atoms with van der Waals surface area (Å²) in [6.45, 7) is 3.92. The topological polar surface area (TPSA) is 105 Å². The number of carboxylic acid groups (broad SMARTS) is 1. The molecule has 1 rings (SSSR count). The highest BCUT2D eigenvalue weighted by Gasteiger charge is 2.27. The van der Waals surface area contributed by atoms with Gasteiger partial charge in [0.25, 0.3) is 0 Å². The zero-order valence-electron chi connectivity index (χ0n) is 15.9. The largest absolute Gasteiger partial charge is 0.480 e. The minimum atomic E-state index is -1.09. The summed E-state index contributed by atoms with van der Waals surface area (Å²) in [5.74, 6) is -0.871. The van der Waals surface area contributed by atoms with Gasteiger partial charge in [-0.2, -0.15) is 11.8 Å². The number of benzene rings is 1. The van der Waals surface area contributed by atoms with E-state index in [1.54, 1.807) is 0 Å². The van der Waals surface area contributed by atoms with E-state index >= 15 is 0 Å². The van der Waals surface area contributed by atoms with Crippen molar-refractivity contribution in [3.05, 3.63) is 35.9 Å². The maximum atomic E-state index is 12.5. The third kappa shape index (κ3) is 9.33. The van der Waals surface area contributed by atoms with Gasteiger partial charge in [-0.25, -0.2) is 9.59 Å². The lowest BCUT2D eigenvalue weighted by molar-refractivity contribution is -0.142. The van der Waals surface area contributed by atoms with Gasteiger partial charge in [0.15, 0.2) is 0 Å². The number of alkyl carbamates (subject to hydrolysis) is 1. The Morgan fingerprint density at radius 2 is 1.78 bits per heavy atom. The van der Waals surface area contributed by atoms with Crippen LogP contribution in [0.2, 0.25) is 0 Å². The molecule has 1 aromatic carbocycles. The van der Waals surface area contributed by atoms with Crippen molar-refractivity contribution in [3.8, 4) is 0 Å². The Labute approximate surface area is 164 Å². The molecule has 1 aromatic rings. The predicted octanol–water partition coefficient (Wildman–Crippen LogP) is 2.65. The van der Waals surface area contributed by atoms with Crippen molar-refractivity contribution in [1.29, 1.82) is 0 Å². The highest BCUT2D eigenvalue weighted by atomic mass is 32.2. The van der Waals surface area contributed by atoms with Crippen molar-refractivity contribution in [2.75, 3.05) is 12.0 Å². The Morgan fingerprint density at radius 3 is 2.33 bits per heavy atom. The number of thioether (sulfide) groups is 1. The second-order valence-electron chi connectivity index (χ2n) is 6.57. The van der Waals surface area contributed by atoms with E-state index in [0.717, 1.165) is 5.56 Å². The number of rotatable bonds is 11. The molecule has 0 saturated heterocycles. The number of carboxylic acids is 1. The first-order chi connectivity index (χ1) is 12.8. The number of hydrogen-bond acceptors (Lipinski definition) is 5. The molecule has 0 spiro atoms. The lowest BCUT2D eigenvalue weighted by Crippen LogP contribution is -2.52. The van der Waals surface area contributed by atoms with Gasteiger partial charge in [-0.1, -0.05) is 44.2 Å². The van der Waals surface area contributed by atoms with E-state index in [0.29, 0.717) is 18.6 Å². The van der Waals surface area contributed by atoms with Gasteiger partial charge in [-0.15, -0.1) is 0 Å². The number of carbonyl (C=O) groups excluding carboxylic acids is 2. The number of carbonyl (C=O) groups is 3. The van der Waals surface area contributed by atoms with Gasteiger partial charge in [-0.3, -0.25) is 4.79 Å². The average molecular weight is 397 g/mol. The zero-order chi connectivity index (χ0) is 20.2. The molecule has 0 radical (unpaired) electrons. The van der Waals surface area contributed by atoms with Crippen LogP contribution in [-0.2, 0) is 20.9 Å². The minimum absolute atomic E-state index is 0.0914. The molecule has 0 unspecified atom stereocenters. The van der Waals surface area contributed by atoms with E-state index in [9.17, 15) is 19.5 Å². The summed E-state index contributed by atoms with van der Waals surface area (Å²) in [5.41, 5.74) is 0.834. The third-order valence-electron chi connectivity index (χ3n) is 3.75. The van der Waals surface area contributed by atoms with Crippen LogP contribution < -0.4 is 10.6 Å². The summed E-state index contributed by atoms with van der Waals surface area (Å²) < 4.78 is 5.16. The second-order valence-corrected chi connectivity index (χ2v) is 7.55. The van der Waals surface area contributed by atoms with Crippen molar-refractivity contribution in [2.24, 2.45) is 5.92 Å². The van der Waals surface area contributed by atoms with Gasteiger partial charge in [0.05, 0.1) is 0 Å². The van der Waals surface area contributed by atoms with Crippen LogP contribution in [0.15, 0.2) is 30.3 Å². The number of amides is 2. The average Bonchev–Trinajstić information content (AvgIpc) is 2.63. The molecular formula is C19H28N2O5S. The molecule has 0 aromatic heterocycles. The molecule has 0 aliphatic carbocycles. The van der Waals surface area contributed by atoms with Gasteiger partial charge in [0.2, 0.25) is 5.91 Å². The first-order valence-corrected chi connectivity index (χ1v) is 10.2. The van der Waals surface area contributed by atoms with E-state index in [4.69, 9.17) is 4.74 Å². The van der Waals surface area contributed by atoms with Gasteiger partial charge in [-0.05, 0) is 36.3 Å². The van der Waals surface area contributed by atoms with Crippen LogP contribution >= 0.6 is 11.8 Å². The fourth-order valence-electron chi connectivity index (χ4n) is 2.38. The predicted molar refractivity (Wildman–Crippen MR) is 106 cm³/mol. The van der Waals surface area contributed by atoms with E-state index < -0.39 is 30.1 Å². The molecule has 7 nitrogen and oxygen atoms in total. The van der Waals surface area contributed by atoms with Crippen molar-refractivity contribution >= 4 is 29.7 Å². The first-order valence-electron chi connectivity index (χ1n) is 8.82. The van der Waals surface area contributed by atoms with Crippen LogP contribution in [0.3, 0.4) is 0 Å². The Bertz CT molecular complexity index is 609. The number of nitrogens with one attached hydrogen (secondary N) is 2. The zero-order valence-corrected chi connectivity index (χ0v) is 16.8. The molecule has 0 aliphatic heterocycles. The van der Waals surface area contributed by atoms with Crippen LogP contribution in [-0.4, -0.2) is 47.2 Å². The highest BCUT2D eigenvalue weighted by molar-refractivity contribution is 7.98. The Hall–Kier alpha value is -2.22. The number of ether oxygens (including phenoxy) is 1. The molecular weight excluding hydrogens is 368 g/mol. The SMILES string of the molecule is CSCC[C@@H](NC(=O)[C@H](CC(C)C)NC(=O)OCc1ccccc1)C(=O)O. The summed E-state index contributed by atoms with van der Waals surface area (Å²) in [6, 6.07) is 7.36. The maximum Gasteiger partial charge on any atom is 0.408 e. The monoisotopic (exact) mass is 396 g/mol. The third-order valence-corrected chi connectivity index (χ3v) is 4.40. The van der Waals surface area contributed by atoms with Crippen LogP contribution in [0.5, 0.6) is 0 Å². The van der Waals surface area contributed by atoms with Gasteiger partial charge in [0, 0.05) is 0 Å². The Morgan fingerprint density at radius 1 is 1.11 bits per heavy atom. The number of hydrogen-bond donors (Lipinski definition) is 3. The van der Waals surface area contributed by atoms with Gasteiger partial charge < -0.3 is 20.5 Å². The van der Waals surface area contributed by atoms with Gasteiger partial charge in [0.1, 0.15) is 18.7 Å². The lowest BCUT2D eigenvalue weighted by atomic mass is 10.0. The lowest BCUT2D eigenvalue weighted by Gasteiger charge is -2.22. The molecule has 0 saturated carbocycles. The maximum absolute atomic E-state index is 12.5. The standard InChI is InChI=1S/C19H28N2O5S/c1-13(2)11-16(17(22)20-15(18(23)24)9-10-27-3)21-19(25)26-12-14-7-5-4-6-8-14/h4-8,13,15-16H,9-12H2,1-3H3,(H,20,22)(H,21,25)(H,23,24)/t15-,16+/m1/s1. The summed E-state index contributed by atoms with van der Waals surface area (Å²) in [6.07, 6.45) is 1.85. The summed E-state index contributed by atoms with van der Waals surface area (Å²) in [4.78, 5) is 35.9. The smallest absolute Gasteiger partial charge is 0.408 e. The minimum Gasteiger partial charge on any atom is -0.480 e. The molecule has 0 aliphatic rings.